The third-order valence-electron chi connectivity index (χ3n) is 1.31. The van der Waals surface area contributed by atoms with E-state index in [0.717, 1.165) is 12.1 Å². The fourth-order valence-corrected chi connectivity index (χ4v) is 0.640. The predicted octanol–water partition coefficient (Wildman–Crippen LogP) is 2.95. The van der Waals surface area contributed by atoms with Gasteiger partial charge in [-0.2, -0.15) is 0 Å². The number of nitrogens with zero attached hydrogens (tertiary/aromatic N) is 1. The Hall–Kier alpha value is -0.850. The molecule has 0 aromatic heterocycles. The highest BCUT2D eigenvalue weighted by Gasteiger charge is 1.84. The Kier molecular flexibility index (Phi) is 4.55. The summed E-state index contributed by atoms with van der Waals surface area (Å²) in [6.45, 7) is 9.72. The lowest BCUT2D eigenvalue weighted by Gasteiger charge is -1.93. The van der Waals surface area contributed by atoms with Crippen LogP contribution in [0.1, 0.15) is 27.2 Å². The molecule has 0 spiro atoms. The fourth-order valence-electron chi connectivity index (χ4n) is 0.640. The normalized spacial score (nSPS) is 13.5. The van der Waals surface area contributed by atoms with Crippen molar-refractivity contribution in [1.29, 1.82) is 0 Å². The van der Waals surface area contributed by atoms with E-state index in [4.69, 9.17) is 0 Å². The molecule has 0 aliphatic heterocycles. The number of allylic oxidation sites excluding steroid dienone is 2. The molecule has 0 bridgehead atoms. The van der Waals surface area contributed by atoms with Crippen LogP contribution < -0.4 is 0 Å². The Morgan fingerprint density at radius 1 is 1.50 bits per heavy atom. The Morgan fingerprint density at radius 3 is 2.50 bits per heavy atom. The minimum Gasteiger partial charge on any atom is -0.262 e. The van der Waals surface area contributed by atoms with Crippen LogP contribution in [-0.4, -0.2) is 5.71 Å². The summed E-state index contributed by atoms with van der Waals surface area (Å²) in [6, 6.07) is 0. The lowest BCUT2D eigenvalue weighted by Crippen LogP contribution is -1.84. The topological polar surface area (TPSA) is 12.4 Å². The van der Waals surface area contributed by atoms with Crippen LogP contribution in [0.5, 0.6) is 0 Å². The third kappa shape index (κ3) is 4.07. The SMILES string of the molecule is C=C/N=C(C)\C=C(/C)CC. The third-order valence-corrected chi connectivity index (χ3v) is 1.31. The molecule has 0 aromatic carbocycles. The second-order valence-corrected chi connectivity index (χ2v) is 2.30. The summed E-state index contributed by atoms with van der Waals surface area (Å²) in [4.78, 5) is 4.02. The van der Waals surface area contributed by atoms with Crippen LogP contribution in [0.15, 0.2) is 29.4 Å². The highest BCUT2D eigenvalue weighted by atomic mass is 14.7. The van der Waals surface area contributed by atoms with E-state index in [-0.39, 0.29) is 0 Å². The Bertz CT molecular complexity index is 164. The monoisotopic (exact) mass is 137 g/mol. The van der Waals surface area contributed by atoms with Gasteiger partial charge in [-0.1, -0.05) is 19.1 Å². The van der Waals surface area contributed by atoms with E-state index in [1.165, 1.54) is 5.57 Å². The molecule has 0 rings (SSSR count). The maximum atomic E-state index is 4.02. The molecule has 0 atom stereocenters. The highest BCUT2D eigenvalue weighted by Crippen LogP contribution is 1.98. The molecule has 1 heteroatoms. The van der Waals surface area contributed by atoms with Crippen molar-refractivity contribution in [2.45, 2.75) is 27.2 Å². The van der Waals surface area contributed by atoms with E-state index in [1.807, 2.05) is 6.92 Å². The van der Waals surface area contributed by atoms with Crippen LogP contribution in [0.3, 0.4) is 0 Å². The molecule has 10 heavy (non-hydrogen) atoms. The van der Waals surface area contributed by atoms with Gasteiger partial charge in [-0.25, -0.2) is 0 Å². The average Bonchev–Trinajstić information content (AvgIpc) is 1.88. The van der Waals surface area contributed by atoms with Gasteiger partial charge >= 0.3 is 0 Å². The van der Waals surface area contributed by atoms with Crippen LogP contribution >= 0.6 is 0 Å². The highest BCUT2D eigenvalue weighted by molar-refractivity contribution is 5.93. The smallest absolute Gasteiger partial charge is 0.0371 e. The van der Waals surface area contributed by atoms with Gasteiger partial charge in [0.15, 0.2) is 0 Å². The van der Waals surface area contributed by atoms with Gasteiger partial charge in [0.05, 0.1) is 0 Å². The van der Waals surface area contributed by atoms with Gasteiger partial charge in [0.2, 0.25) is 0 Å². The molecule has 0 N–H and O–H groups in total. The van der Waals surface area contributed by atoms with Crippen molar-refractivity contribution >= 4 is 5.71 Å². The molecular weight excluding hydrogens is 122 g/mol. The van der Waals surface area contributed by atoms with Crippen molar-refractivity contribution in [2.24, 2.45) is 4.99 Å². The second-order valence-electron chi connectivity index (χ2n) is 2.30. The lowest BCUT2D eigenvalue weighted by atomic mass is 10.2. The molecule has 0 amide bonds. The number of hydrogen-bond donors (Lipinski definition) is 0. The first-order chi connectivity index (χ1) is 4.70. The number of rotatable bonds is 3. The zero-order valence-electron chi connectivity index (χ0n) is 7.02. The van der Waals surface area contributed by atoms with Crippen molar-refractivity contribution < 1.29 is 0 Å². The van der Waals surface area contributed by atoms with Gasteiger partial charge < -0.3 is 0 Å². The molecule has 0 aromatic rings. The van der Waals surface area contributed by atoms with E-state index in [0.29, 0.717) is 0 Å². The summed E-state index contributed by atoms with van der Waals surface area (Å²) in [6.07, 6.45) is 4.72. The van der Waals surface area contributed by atoms with Crippen LogP contribution in [0.2, 0.25) is 0 Å². The molecule has 0 saturated heterocycles. The van der Waals surface area contributed by atoms with Gasteiger partial charge in [-0.05, 0) is 26.3 Å². The standard InChI is InChI=1S/C9H15N/c1-5-8(3)7-9(4)10-6-2/h6-7H,2,5H2,1,3-4H3/b8-7+,10-9-. The van der Waals surface area contributed by atoms with Crippen LogP contribution in [0, 0.1) is 0 Å². The molecule has 0 radical (unpaired) electrons. The Labute approximate surface area is 63.2 Å². The van der Waals surface area contributed by atoms with Crippen molar-refractivity contribution in [2.75, 3.05) is 0 Å². The molecule has 56 valence electrons. The fraction of sp³-hybridized carbons (Fsp3) is 0.444. The van der Waals surface area contributed by atoms with Crippen LogP contribution in [0.4, 0.5) is 0 Å². The molecule has 0 saturated carbocycles. The quantitative estimate of drug-likeness (QED) is 0.530. The second kappa shape index (κ2) is 4.98. The van der Waals surface area contributed by atoms with Crippen molar-refractivity contribution in [1.82, 2.24) is 0 Å². The van der Waals surface area contributed by atoms with Crippen molar-refractivity contribution in [3.63, 3.8) is 0 Å². The van der Waals surface area contributed by atoms with Gasteiger partial charge in [0.1, 0.15) is 0 Å². The van der Waals surface area contributed by atoms with Crippen LogP contribution in [0.25, 0.3) is 0 Å². The number of aliphatic imine (C=N–C) groups is 1. The Balaban J connectivity index is 4.11. The van der Waals surface area contributed by atoms with E-state index in [2.05, 4.69) is 31.5 Å². The summed E-state index contributed by atoms with van der Waals surface area (Å²) in [5.74, 6) is 0. The molecule has 0 heterocycles. The molecule has 0 unspecified atom stereocenters. The van der Waals surface area contributed by atoms with Crippen molar-refractivity contribution in [3.05, 3.63) is 24.4 Å². The molecule has 0 aliphatic rings. The molecule has 1 nitrogen and oxygen atoms in total. The Morgan fingerprint density at radius 2 is 2.10 bits per heavy atom. The summed E-state index contributed by atoms with van der Waals surface area (Å²) in [5, 5.41) is 0. The minimum absolute atomic E-state index is 1.02. The first-order valence-corrected chi connectivity index (χ1v) is 3.53. The van der Waals surface area contributed by atoms with Crippen LogP contribution in [-0.2, 0) is 0 Å². The molecular formula is C9H15N. The zero-order valence-corrected chi connectivity index (χ0v) is 7.02. The first kappa shape index (κ1) is 9.15. The first-order valence-electron chi connectivity index (χ1n) is 3.53. The molecule has 0 fully saturated rings. The van der Waals surface area contributed by atoms with Crippen molar-refractivity contribution in [3.8, 4) is 0 Å². The van der Waals surface area contributed by atoms with Gasteiger partial charge in [-0.15, -0.1) is 0 Å². The lowest BCUT2D eigenvalue weighted by molar-refractivity contribution is 1.10. The largest absolute Gasteiger partial charge is 0.262 e. The van der Waals surface area contributed by atoms with Gasteiger partial charge in [0.25, 0.3) is 0 Å². The number of hydrogen-bond acceptors (Lipinski definition) is 1. The zero-order chi connectivity index (χ0) is 7.98. The molecule has 0 aliphatic carbocycles. The summed E-state index contributed by atoms with van der Waals surface area (Å²) < 4.78 is 0. The van der Waals surface area contributed by atoms with Gasteiger partial charge in [0, 0.05) is 11.9 Å². The maximum Gasteiger partial charge on any atom is 0.0371 e. The summed E-state index contributed by atoms with van der Waals surface area (Å²) in [5.41, 5.74) is 2.37. The minimum atomic E-state index is 1.02. The van der Waals surface area contributed by atoms with Gasteiger partial charge in [-0.3, -0.25) is 4.99 Å². The van der Waals surface area contributed by atoms with E-state index in [1.54, 1.807) is 6.20 Å². The average molecular weight is 137 g/mol. The van der Waals surface area contributed by atoms with E-state index in [9.17, 15) is 0 Å². The maximum absolute atomic E-state index is 4.02. The summed E-state index contributed by atoms with van der Waals surface area (Å²) >= 11 is 0. The summed E-state index contributed by atoms with van der Waals surface area (Å²) in [7, 11) is 0. The van der Waals surface area contributed by atoms with E-state index < -0.39 is 0 Å². The predicted molar refractivity (Wildman–Crippen MR) is 47.4 cm³/mol. The van der Waals surface area contributed by atoms with E-state index >= 15 is 0 Å².